The van der Waals surface area contributed by atoms with Crippen LogP contribution in [0.2, 0.25) is 0 Å². The van der Waals surface area contributed by atoms with Gasteiger partial charge in [-0.25, -0.2) is 4.79 Å². The highest BCUT2D eigenvalue weighted by molar-refractivity contribution is 5.74. The third-order valence-corrected chi connectivity index (χ3v) is 11.0. The Morgan fingerprint density at radius 2 is 0.983 bits per heavy atom. The number of nitrogens with one attached hydrogen (secondary N) is 1. The van der Waals surface area contributed by atoms with E-state index in [0.29, 0.717) is 6.42 Å². The predicted octanol–water partition coefficient (Wildman–Crippen LogP) is -7.17. The van der Waals surface area contributed by atoms with E-state index in [1.54, 1.807) is 6.92 Å². The molecule has 0 aliphatic carbocycles. The van der Waals surface area contributed by atoms with Gasteiger partial charge in [-0.1, -0.05) is 6.92 Å². The summed E-state index contributed by atoms with van der Waals surface area (Å²) in [6.07, 6.45) is -40.9. The van der Waals surface area contributed by atoms with Crippen LogP contribution in [0.25, 0.3) is 0 Å². The van der Waals surface area contributed by atoms with Gasteiger partial charge in [0.25, 0.3) is 0 Å². The van der Waals surface area contributed by atoms with Gasteiger partial charge in [0.15, 0.2) is 37.6 Å². The molecule has 348 valence electrons. The fourth-order valence-electron chi connectivity index (χ4n) is 7.55. The first kappa shape index (κ1) is 49.1. The number of amides is 1. The van der Waals surface area contributed by atoms with Crippen LogP contribution in [0.15, 0.2) is 0 Å². The molecular formula is C35H59NO24. The van der Waals surface area contributed by atoms with Gasteiger partial charge in [-0.15, -0.1) is 0 Å². The molecule has 5 aliphatic heterocycles. The van der Waals surface area contributed by atoms with Crippen molar-refractivity contribution in [3.8, 4) is 0 Å². The van der Waals surface area contributed by atoms with Gasteiger partial charge in [0.2, 0.25) is 5.91 Å². The Balaban J connectivity index is 1.39. The lowest BCUT2D eigenvalue weighted by Crippen LogP contribution is -2.70. The smallest absolute Gasteiger partial charge is 0.335 e. The molecule has 0 aromatic carbocycles. The summed E-state index contributed by atoms with van der Waals surface area (Å²) in [5.74, 6) is -2.57. The number of carboxylic acid groups (broad SMARTS) is 1. The number of hydrogen-bond donors (Lipinski definition) is 13. The van der Waals surface area contributed by atoms with E-state index in [1.807, 2.05) is 0 Å². The number of carbonyl (C=O) groups is 2. The first-order valence-electron chi connectivity index (χ1n) is 19.6. The number of carbonyl (C=O) groups excluding carboxylic acids is 1. The van der Waals surface area contributed by atoms with Crippen molar-refractivity contribution in [1.82, 2.24) is 5.32 Å². The Kier molecular flexibility index (Phi) is 17.0. The van der Waals surface area contributed by atoms with E-state index in [1.165, 1.54) is 20.8 Å². The molecule has 5 rings (SSSR count). The summed E-state index contributed by atoms with van der Waals surface area (Å²) in [4.78, 5) is 25.2. The molecule has 5 saturated heterocycles. The van der Waals surface area contributed by atoms with Crippen LogP contribution in [0.5, 0.6) is 0 Å². The fraction of sp³-hybridized carbons (Fsp3) is 0.943. The molecule has 0 bridgehead atoms. The van der Waals surface area contributed by atoms with Crippen molar-refractivity contribution in [2.24, 2.45) is 0 Å². The summed E-state index contributed by atoms with van der Waals surface area (Å²) in [7, 11) is 0. The minimum absolute atomic E-state index is 0.133. The van der Waals surface area contributed by atoms with Crippen LogP contribution in [0.3, 0.4) is 0 Å². The highest BCUT2D eigenvalue weighted by Gasteiger charge is 2.57. The predicted molar refractivity (Wildman–Crippen MR) is 188 cm³/mol. The third-order valence-electron chi connectivity index (χ3n) is 11.0. The first-order valence-corrected chi connectivity index (χ1v) is 19.6. The van der Waals surface area contributed by atoms with Gasteiger partial charge in [0.1, 0.15) is 97.6 Å². The molecule has 5 fully saturated rings. The number of rotatable bonds is 14. The number of carboxylic acids is 1. The molecule has 0 aromatic rings. The average molecular weight is 878 g/mol. The second-order valence-electron chi connectivity index (χ2n) is 15.5. The van der Waals surface area contributed by atoms with Crippen LogP contribution < -0.4 is 5.32 Å². The molecule has 0 saturated carbocycles. The number of hydrogen-bond acceptors (Lipinski definition) is 23. The maximum atomic E-state index is 12.7. The van der Waals surface area contributed by atoms with Gasteiger partial charge in [0.05, 0.1) is 24.9 Å². The topological polar surface area (TPSA) is 381 Å². The Morgan fingerprint density at radius 1 is 0.533 bits per heavy atom. The zero-order chi connectivity index (χ0) is 44.5. The van der Waals surface area contributed by atoms with Crippen molar-refractivity contribution in [1.29, 1.82) is 0 Å². The van der Waals surface area contributed by atoms with Crippen molar-refractivity contribution < 1.29 is 118 Å². The fourth-order valence-corrected chi connectivity index (χ4v) is 7.55. The van der Waals surface area contributed by atoms with Gasteiger partial charge in [-0.2, -0.15) is 0 Å². The number of aliphatic hydroxyl groups excluding tert-OH is 11. The molecule has 0 spiro atoms. The van der Waals surface area contributed by atoms with Crippen LogP contribution in [0.4, 0.5) is 0 Å². The Bertz CT molecular complexity index is 1400. The summed E-state index contributed by atoms with van der Waals surface area (Å²) in [5.41, 5.74) is 0. The standard InChI is InChI=1S/C35H59NO24/c1-6-7-51-34-27(20(44)16(40)10(3)53-34)58-31-14(36-12(5)38)25(18(42)13(8-37)55-31)56-33-24(48)22(46)26(29(60-33)30(49)50)57-35-28(21(45)17(41)11(4)54-35)59-32-23(47)19(43)15(39)9(2)52-32/h9-11,13-29,31-35,37,39-48H,6-8H2,1-5H3,(H,36,38)(H,49,50)/t9-,10?,11-,13?,14?,15-,16-,17-,18-,19?,20-,21?,22+,23?,24?,25+,26+,27?,28?,29?,31-,32-,33+,34+,35-/m0/s1. The SMILES string of the molecule is CCCO[C@@H]1OC(C)[C@H](O)[C@H](O)C1O[C@@H]1OC(CO)[C@H](O)[C@H](O[C@@H]2OC(C(=O)O)[C@H](O[C@@H]3O[C@@H](C)[C@H](O)C(O)C3O[C@@H]3O[C@@H](C)[C@H](O)C(O)C3O)[C@H](O)C2O)C1NC(C)=O. The summed E-state index contributed by atoms with van der Waals surface area (Å²) in [6, 6.07) is -1.61. The molecule has 0 aromatic heterocycles. The molecule has 5 aliphatic rings. The quantitative estimate of drug-likeness (QED) is 0.0771. The number of ether oxygens (including phenoxy) is 10. The van der Waals surface area contributed by atoms with Crippen molar-refractivity contribution >= 4 is 11.9 Å². The monoisotopic (exact) mass is 877 g/mol. The number of aliphatic carboxylic acids is 1. The van der Waals surface area contributed by atoms with Crippen molar-refractivity contribution in [2.45, 2.75) is 195 Å². The van der Waals surface area contributed by atoms with E-state index in [4.69, 9.17) is 47.4 Å². The lowest BCUT2D eigenvalue weighted by atomic mass is 9.94. The van der Waals surface area contributed by atoms with Gasteiger partial charge in [0, 0.05) is 13.5 Å². The summed E-state index contributed by atoms with van der Waals surface area (Å²) in [6.45, 7) is 6.23. The van der Waals surface area contributed by atoms with Gasteiger partial charge in [-0.05, 0) is 27.2 Å². The molecule has 13 N–H and O–H groups in total. The third kappa shape index (κ3) is 10.4. The maximum absolute atomic E-state index is 12.7. The van der Waals surface area contributed by atoms with Crippen LogP contribution in [0, 0.1) is 0 Å². The molecular weight excluding hydrogens is 818 g/mol. The molecule has 10 unspecified atom stereocenters. The average Bonchev–Trinajstić information content (AvgIpc) is 3.20. The Hall–Kier alpha value is -1.90. The lowest BCUT2D eigenvalue weighted by Gasteiger charge is -2.50. The second-order valence-corrected chi connectivity index (χ2v) is 15.5. The van der Waals surface area contributed by atoms with Crippen LogP contribution in [-0.4, -0.2) is 240 Å². The second kappa shape index (κ2) is 20.7. The molecule has 5 heterocycles. The zero-order valence-electron chi connectivity index (χ0n) is 33.3. The zero-order valence-corrected chi connectivity index (χ0v) is 33.3. The lowest BCUT2D eigenvalue weighted by molar-refractivity contribution is -0.389. The van der Waals surface area contributed by atoms with E-state index in [9.17, 15) is 70.9 Å². The van der Waals surface area contributed by atoms with Gasteiger partial charge in [-0.3, -0.25) is 4.79 Å². The largest absolute Gasteiger partial charge is 0.479 e. The molecule has 1 amide bonds. The van der Waals surface area contributed by atoms with Crippen LogP contribution in [0.1, 0.15) is 41.0 Å². The van der Waals surface area contributed by atoms with Crippen molar-refractivity contribution in [2.75, 3.05) is 13.2 Å². The molecule has 25 atom stereocenters. The van der Waals surface area contributed by atoms with E-state index in [2.05, 4.69) is 5.32 Å². The van der Waals surface area contributed by atoms with Crippen LogP contribution >= 0.6 is 0 Å². The van der Waals surface area contributed by atoms with E-state index < -0.39 is 172 Å². The van der Waals surface area contributed by atoms with E-state index in [0.717, 1.165) is 6.92 Å². The number of aliphatic hydroxyl groups is 11. The summed E-state index contributed by atoms with van der Waals surface area (Å²) < 4.78 is 57.2. The minimum atomic E-state index is -2.26. The molecule has 25 nitrogen and oxygen atoms in total. The highest BCUT2D eigenvalue weighted by atomic mass is 16.8. The Morgan fingerprint density at radius 3 is 1.53 bits per heavy atom. The summed E-state index contributed by atoms with van der Waals surface area (Å²) in [5, 5.41) is 131. The van der Waals surface area contributed by atoms with Gasteiger partial charge < -0.3 is 114 Å². The van der Waals surface area contributed by atoms with Crippen molar-refractivity contribution in [3.63, 3.8) is 0 Å². The molecule has 60 heavy (non-hydrogen) atoms. The highest BCUT2D eigenvalue weighted by Crippen LogP contribution is 2.36. The van der Waals surface area contributed by atoms with E-state index in [-0.39, 0.29) is 6.61 Å². The van der Waals surface area contributed by atoms with Crippen LogP contribution in [-0.2, 0) is 57.0 Å². The first-order chi connectivity index (χ1) is 28.2. The maximum Gasteiger partial charge on any atom is 0.335 e. The Labute approximate surface area is 343 Å². The van der Waals surface area contributed by atoms with Crippen molar-refractivity contribution in [3.05, 3.63) is 0 Å². The molecule has 25 heteroatoms. The van der Waals surface area contributed by atoms with E-state index >= 15 is 0 Å². The summed E-state index contributed by atoms with van der Waals surface area (Å²) >= 11 is 0. The molecule has 0 radical (unpaired) electrons. The normalized spacial score (nSPS) is 50.2. The minimum Gasteiger partial charge on any atom is -0.479 e. The van der Waals surface area contributed by atoms with Gasteiger partial charge >= 0.3 is 5.97 Å².